The third-order valence-corrected chi connectivity index (χ3v) is 5.98. The fourth-order valence-electron chi connectivity index (χ4n) is 2.95. The largest absolute Gasteiger partial charge is 0.397 e. The van der Waals surface area contributed by atoms with E-state index in [1.807, 2.05) is 24.3 Å². The minimum atomic E-state index is -3.87. The number of nitrogens with two attached hydrogens (primary N) is 2. The van der Waals surface area contributed by atoms with Gasteiger partial charge < -0.3 is 11.5 Å². The summed E-state index contributed by atoms with van der Waals surface area (Å²) < 4.78 is 28.2. The molecule has 0 fully saturated rings. The van der Waals surface area contributed by atoms with Crippen LogP contribution in [0.25, 0.3) is 11.1 Å². The summed E-state index contributed by atoms with van der Waals surface area (Å²) in [5.41, 5.74) is 15.9. The fraction of sp³-hybridized carbons (Fsp3) is 0.0435. The number of aryl methyl sites for hydroxylation is 1. The zero-order chi connectivity index (χ0) is 21.2. The van der Waals surface area contributed by atoms with Crippen LogP contribution in [0.15, 0.2) is 59.5 Å². The van der Waals surface area contributed by atoms with Gasteiger partial charge in [-0.3, -0.25) is 4.72 Å². The highest BCUT2D eigenvalue weighted by atomic mass is 32.2. The SMILES string of the molecule is C#Cc1ccc(-c2ccc(NS(=O)(=O)c3cc(N)c(N)cc3C)cc2C#C)cc1. The first kappa shape index (κ1) is 19.9. The number of rotatable bonds is 4. The van der Waals surface area contributed by atoms with Crippen molar-refractivity contribution in [1.29, 1.82) is 0 Å². The molecule has 144 valence electrons. The van der Waals surface area contributed by atoms with Gasteiger partial charge in [0.2, 0.25) is 0 Å². The standard InChI is InChI=1S/C23H19N3O2S/c1-4-16-6-8-18(9-7-16)20-11-10-19(13-17(20)5-2)26-29(27,28)23-14-22(25)21(24)12-15(23)3/h1-2,6-14,26H,24-25H2,3H3. The second kappa shape index (κ2) is 7.63. The van der Waals surface area contributed by atoms with Crippen LogP contribution in [0.2, 0.25) is 0 Å². The molecule has 6 heteroatoms. The molecule has 0 aliphatic carbocycles. The number of benzene rings is 3. The van der Waals surface area contributed by atoms with Crippen molar-refractivity contribution >= 4 is 27.1 Å². The van der Waals surface area contributed by atoms with E-state index in [2.05, 4.69) is 16.6 Å². The minimum Gasteiger partial charge on any atom is -0.397 e. The molecule has 0 spiro atoms. The molecule has 3 aromatic rings. The maximum absolute atomic E-state index is 12.8. The summed E-state index contributed by atoms with van der Waals surface area (Å²) in [6.45, 7) is 1.65. The Morgan fingerprint density at radius 1 is 0.897 bits per heavy atom. The van der Waals surface area contributed by atoms with Crippen LogP contribution >= 0.6 is 0 Å². The van der Waals surface area contributed by atoms with Gasteiger partial charge in [0.05, 0.1) is 22.0 Å². The molecule has 5 N–H and O–H groups in total. The lowest BCUT2D eigenvalue weighted by Crippen LogP contribution is -2.15. The van der Waals surface area contributed by atoms with Crippen LogP contribution < -0.4 is 16.2 Å². The lowest BCUT2D eigenvalue weighted by atomic mass is 9.98. The highest BCUT2D eigenvalue weighted by molar-refractivity contribution is 7.92. The molecule has 0 heterocycles. The van der Waals surface area contributed by atoms with Crippen molar-refractivity contribution in [3.8, 4) is 35.8 Å². The molecule has 0 radical (unpaired) electrons. The molecule has 3 rings (SSSR count). The summed E-state index contributed by atoms with van der Waals surface area (Å²) in [6, 6.07) is 15.3. The number of nitrogen functional groups attached to an aromatic ring is 2. The van der Waals surface area contributed by atoms with Gasteiger partial charge in [-0.05, 0) is 60.0 Å². The smallest absolute Gasteiger partial charge is 0.262 e. The fourth-order valence-corrected chi connectivity index (χ4v) is 4.26. The molecular formula is C23H19N3O2S. The normalized spacial score (nSPS) is 10.7. The van der Waals surface area contributed by atoms with Crippen molar-refractivity contribution in [1.82, 2.24) is 0 Å². The van der Waals surface area contributed by atoms with Gasteiger partial charge in [0, 0.05) is 11.1 Å². The van der Waals surface area contributed by atoms with E-state index in [-0.39, 0.29) is 10.6 Å². The van der Waals surface area contributed by atoms with Crippen LogP contribution in [0.1, 0.15) is 16.7 Å². The van der Waals surface area contributed by atoms with Gasteiger partial charge in [0.15, 0.2) is 0 Å². The lowest BCUT2D eigenvalue weighted by Gasteiger charge is -2.14. The van der Waals surface area contributed by atoms with Gasteiger partial charge >= 0.3 is 0 Å². The van der Waals surface area contributed by atoms with Crippen molar-refractivity contribution in [2.75, 3.05) is 16.2 Å². The van der Waals surface area contributed by atoms with Crippen LogP contribution in [0, 0.1) is 31.6 Å². The Bertz CT molecular complexity index is 1280. The quantitative estimate of drug-likeness (QED) is 0.460. The van der Waals surface area contributed by atoms with Crippen LogP contribution in [0.5, 0.6) is 0 Å². The Morgan fingerprint density at radius 3 is 2.17 bits per heavy atom. The van der Waals surface area contributed by atoms with E-state index >= 15 is 0 Å². The predicted molar refractivity (Wildman–Crippen MR) is 119 cm³/mol. The maximum Gasteiger partial charge on any atom is 0.262 e. The van der Waals surface area contributed by atoms with E-state index in [0.29, 0.717) is 22.5 Å². The third kappa shape index (κ3) is 4.03. The molecule has 0 atom stereocenters. The van der Waals surface area contributed by atoms with Crippen molar-refractivity contribution in [3.05, 3.63) is 71.3 Å². The monoisotopic (exact) mass is 401 g/mol. The first-order valence-electron chi connectivity index (χ1n) is 8.61. The minimum absolute atomic E-state index is 0.0559. The molecule has 0 saturated heterocycles. The predicted octanol–water partition coefficient (Wildman–Crippen LogP) is 3.59. The summed E-state index contributed by atoms with van der Waals surface area (Å²) in [5, 5.41) is 0. The highest BCUT2D eigenvalue weighted by Gasteiger charge is 2.19. The van der Waals surface area contributed by atoms with Crippen LogP contribution in [-0.4, -0.2) is 8.42 Å². The second-order valence-corrected chi connectivity index (χ2v) is 8.13. The molecule has 0 aliphatic rings. The lowest BCUT2D eigenvalue weighted by molar-refractivity contribution is 0.600. The Morgan fingerprint density at radius 2 is 1.55 bits per heavy atom. The molecule has 0 saturated carbocycles. The number of anilines is 3. The van der Waals surface area contributed by atoms with E-state index in [4.69, 9.17) is 24.3 Å². The molecule has 3 aromatic carbocycles. The van der Waals surface area contributed by atoms with Crippen LogP contribution in [0.3, 0.4) is 0 Å². The van der Waals surface area contributed by atoms with Crippen molar-refractivity contribution in [2.45, 2.75) is 11.8 Å². The van der Waals surface area contributed by atoms with Crippen LogP contribution in [-0.2, 0) is 10.0 Å². The number of hydrogen-bond donors (Lipinski definition) is 3. The molecule has 0 aromatic heterocycles. The van der Waals surface area contributed by atoms with Gasteiger partial charge in [-0.15, -0.1) is 12.8 Å². The summed E-state index contributed by atoms with van der Waals surface area (Å²) >= 11 is 0. The number of hydrogen-bond acceptors (Lipinski definition) is 4. The number of sulfonamides is 1. The van der Waals surface area contributed by atoms with Gasteiger partial charge in [0.1, 0.15) is 0 Å². The van der Waals surface area contributed by atoms with Gasteiger partial charge in [-0.25, -0.2) is 8.42 Å². The number of nitrogens with one attached hydrogen (secondary N) is 1. The maximum atomic E-state index is 12.8. The van der Waals surface area contributed by atoms with E-state index in [1.165, 1.54) is 12.1 Å². The van der Waals surface area contributed by atoms with E-state index in [0.717, 1.165) is 16.7 Å². The van der Waals surface area contributed by atoms with Gasteiger partial charge in [0.25, 0.3) is 10.0 Å². The van der Waals surface area contributed by atoms with Gasteiger partial charge in [-0.1, -0.05) is 30.0 Å². The second-order valence-electron chi connectivity index (χ2n) is 6.48. The average molecular weight is 401 g/mol. The molecule has 29 heavy (non-hydrogen) atoms. The summed E-state index contributed by atoms with van der Waals surface area (Å²) in [7, 11) is -3.87. The average Bonchev–Trinajstić information content (AvgIpc) is 2.70. The van der Waals surface area contributed by atoms with Crippen molar-refractivity contribution < 1.29 is 8.42 Å². The molecular weight excluding hydrogens is 382 g/mol. The highest BCUT2D eigenvalue weighted by Crippen LogP contribution is 2.29. The molecule has 5 nitrogen and oxygen atoms in total. The first-order chi connectivity index (χ1) is 13.7. The Labute approximate surface area is 170 Å². The van der Waals surface area contributed by atoms with Crippen molar-refractivity contribution in [3.63, 3.8) is 0 Å². The number of terminal acetylenes is 2. The Balaban J connectivity index is 1.97. The first-order valence-corrected chi connectivity index (χ1v) is 10.1. The molecule has 0 aliphatic heterocycles. The van der Waals surface area contributed by atoms with Gasteiger partial charge in [-0.2, -0.15) is 0 Å². The Kier molecular flexibility index (Phi) is 5.23. The third-order valence-electron chi connectivity index (χ3n) is 4.46. The summed E-state index contributed by atoms with van der Waals surface area (Å²) in [4.78, 5) is 0.0559. The zero-order valence-corrected chi connectivity index (χ0v) is 16.5. The molecule has 0 amide bonds. The molecule has 0 bridgehead atoms. The summed E-state index contributed by atoms with van der Waals surface area (Å²) in [5.74, 6) is 5.17. The van der Waals surface area contributed by atoms with E-state index in [9.17, 15) is 8.42 Å². The zero-order valence-electron chi connectivity index (χ0n) is 15.7. The van der Waals surface area contributed by atoms with Crippen molar-refractivity contribution in [2.24, 2.45) is 0 Å². The summed E-state index contributed by atoms with van der Waals surface area (Å²) in [6.07, 6.45) is 11.0. The van der Waals surface area contributed by atoms with Crippen LogP contribution in [0.4, 0.5) is 17.1 Å². The topological polar surface area (TPSA) is 98.2 Å². The van der Waals surface area contributed by atoms with E-state index in [1.54, 1.807) is 25.1 Å². The van der Waals surface area contributed by atoms with E-state index < -0.39 is 10.0 Å². The Hall–Kier alpha value is -3.87. The molecule has 0 unspecified atom stereocenters.